The quantitative estimate of drug-likeness (QED) is 0.638. The van der Waals surface area contributed by atoms with Crippen LogP contribution in [0.2, 0.25) is 0 Å². The van der Waals surface area contributed by atoms with Crippen molar-refractivity contribution in [2.75, 3.05) is 12.9 Å². The number of aryl methyl sites for hydroxylation is 3. The van der Waals surface area contributed by atoms with Gasteiger partial charge in [-0.15, -0.1) is 0 Å². The molecule has 1 aromatic heterocycles. The van der Waals surface area contributed by atoms with Gasteiger partial charge in [0.05, 0.1) is 28.0 Å². The van der Waals surface area contributed by atoms with E-state index in [4.69, 9.17) is 4.74 Å². The molecule has 28 heavy (non-hydrogen) atoms. The van der Waals surface area contributed by atoms with Gasteiger partial charge in [0, 0.05) is 13.5 Å². The normalized spacial score (nSPS) is 12.5. The maximum absolute atomic E-state index is 12.4. The van der Waals surface area contributed by atoms with Gasteiger partial charge in [-0.05, 0) is 61.4 Å². The van der Waals surface area contributed by atoms with E-state index in [0.29, 0.717) is 10.6 Å². The summed E-state index contributed by atoms with van der Waals surface area (Å²) in [4.78, 5) is 17.2. The molecule has 0 spiro atoms. The number of benzene rings is 2. The van der Waals surface area contributed by atoms with Crippen LogP contribution in [0.15, 0.2) is 46.3 Å². The number of hydrogen-bond acceptors (Lipinski definition) is 5. The number of aromatic nitrogens is 1. The number of carbonyl (C=O) groups excluding carboxylic acids is 1. The summed E-state index contributed by atoms with van der Waals surface area (Å²) in [7, 11) is -0.189. The number of nitrogens with zero attached hydrogens (tertiary/aromatic N) is 2. The third-order valence-electron chi connectivity index (χ3n) is 4.65. The van der Waals surface area contributed by atoms with Gasteiger partial charge < -0.3 is 9.30 Å². The van der Waals surface area contributed by atoms with Gasteiger partial charge in [0.2, 0.25) is 5.91 Å². The zero-order chi connectivity index (χ0) is 20.5. The summed E-state index contributed by atoms with van der Waals surface area (Å²) in [6.45, 7) is 4.08. The molecule has 0 bridgehead atoms. The van der Waals surface area contributed by atoms with E-state index in [-0.39, 0.29) is 17.1 Å². The Bertz CT molecular complexity index is 1200. The Hall–Kier alpha value is -2.45. The molecule has 148 valence electrons. The number of thiazole rings is 1. The van der Waals surface area contributed by atoms with E-state index < -0.39 is 15.7 Å². The van der Waals surface area contributed by atoms with E-state index in [0.717, 1.165) is 10.2 Å². The predicted molar refractivity (Wildman–Crippen MR) is 111 cm³/mol. The van der Waals surface area contributed by atoms with Crippen LogP contribution in [-0.2, 0) is 21.7 Å². The summed E-state index contributed by atoms with van der Waals surface area (Å²) < 4.78 is 32.8. The molecule has 0 aliphatic rings. The van der Waals surface area contributed by atoms with Crippen LogP contribution in [0.1, 0.15) is 17.5 Å². The molecule has 0 radical (unpaired) electrons. The lowest BCUT2D eigenvalue weighted by Gasteiger charge is -2.04. The molecule has 0 saturated heterocycles. The Kier molecular flexibility index (Phi) is 5.71. The molecule has 0 unspecified atom stereocenters. The number of fused-ring (bicyclic) bond motifs is 1. The van der Waals surface area contributed by atoms with Crippen molar-refractivity contribution in [1.29, 1.82) is 0 Å². The second-order valence-electron chi connectivity index (χ2n) is 6.60. The Labute approximate surface area is 168 Å². The van der Waals surface area contributed by atoms with E-state index in [1.807, 2.05) is 25.5 Å². The van der Waals surface area contributed by atoms with Crippen LogP contribution in [0.3, 0.4) is 0 Å². The molecule has 0 aliphatic carbocycles. The largest absolute Gasteiger partial charge is 0.497 e. The molecule has 0 fully saturated rings. The Balaban J connectivity index is 1.79. The molecule has 1 heterocycles. The van der Waals surface area contributed by atoms with Crippen molar-refractivity contribution in [1.82, 2.24) is 4.57 Å². The molecule has 2 aromatic carbocycles. The summed E-state index contributed by atoms with van der Waals surface area (Å²) in [5, 5.41) is 0. The number of hydrogen-bond donors (Lipinski definition) is 0. The second-order valence-corrected chi connectivity index (χ2v) is 9.72. The molecular weight excluding hydrogens is 396 g/mol. The van der Waals surface area contributed by atoms with E-state index >= 15 is 0 Å². The molecule has 3 aromatic rings. The first-order valence-electron chi connectivity index (χ1n) is 8.72. The van der Waals surface area contributed by atoms with E-state index in [9.17, 15) is 13.2 Å². The van der Waals surface area contributed by atoms with Crippen molar-refractivity contribution >= 4 is 37.3 Å². The first-order valence-corrected chi connectivity index (χ1v) is 11.2. The third-order valence-corrected chi connectivity index (χ3v) is 7.47. The van der Waals surface area contributed by atoms with Gasteiger partial charge in [-0.3, -0.25) is 4.79 Å². The number of rotatable bonds is 5. The lowest BCUT2D eigenvalue weighted by molar-refractivity contribution is -0.117. The predicted octanol–water partition coefficient (Wildman–Crippen LogP) is 3.16. The molecule has 0 saturated carbocycles. The van der Waals surface area contributed by atoms with Gasteiger partial charge in [0.1, 0.15) is 5.75 Å². The van der Waals surface area contributed by atoms with Crippen LogP contribution < -0.4 is 9.54 Å². The van der Waals surface area contributed by atoms with E-state index in [1.165, 1.54) is 41.7 Å². The minimum atomic E-state index is -3.56. The van der Waals surface area contributed by atoms with Crippen LogP contribution in [0, 0.1) is 13.8 Å². The first-order chi connectivity index (χ1) is 13.2. The van der Waals surface area contributed by atoms with E-state index in [1.54, 1.807) is 12.1 Å². The van der Waals surface area contributed by atoms with Crippen molar-refractivity contribution < 1.29 is 17.9 Å². The molecule has 8 heteroatoms. The van der Waals surface area contributed by atoms with Crippen molar-refractivity contribution in [3.63, 3.8) is 0 Å². The molecule has 0 aliphatic heterocycles. The monoisotopic (exact) mass is 418 g/mol. The molecule has 6 nitrogen and oxygen atoms in total. The fourth-order valence-corrected chi connectivity index (χ4v) is 5.12. The summed E-state index contributed by atoms with van der Waals surface area (Å²) in [5.41, 5.74) is 3.35. The number of carbonyl (C=O) groups is 1. The van der Waals surface area contributed by atoms with Gasteiger partial charge in [-0.2, -0.15) is 4.99 Å². The van der Waals surface area contributed by atoms with Crippen LogP contribution in [0.4, 0.5) is 0 Å². The van der Waals surface area contributed by atoms with E-state index in [2.05, 4.69) is 17.1 Å². The van der Waals surface area contributed by atoms with Gasteiger partial charge in [0.15, 0.2) is 14.6 Å². The zero-order valence-electron chi connectivity index (χ0n) is 16.2. The molecule has 0 atom stereocenters. The summed E-state index contributed by atoms with van der Waals surface area (Å²) in [5.74, 6) is -0.158. The van der Waals surface area contributed by atoms with Crippen LogP contribution in [0.25, 0.3) is 10.2 Å². The number of methoxy groups -OCH3 is 1. The summed E-state index contributed by atoms with van der Waals surface area (Å²) in [6.07, 6.45) is -0.166. The number of amides is 1. The lowest BCUT2D eigenvalue weighted by atomic mass is 10.1. The standard InChI is InChI=1S/C20H22N2O4S2/c1-13-11-17-18(12-14(13)2)27-20(22(17)3)21-19(23)9-10-28(24,25)16-7-5-15(26-4)6-8-16/h5-8,11-12H,9-10H2,1-4H3. The molecule has 3 rings (SSSR count). The Morgan fingerprint density at radius 2 is 1.79 bits per heavy atom. The Morgan fingerprint density at radius 3 is 2.43 bits per heavy atom. The second kappa shape index (κ2) is 7.89. The van der Waals surface area contributed by atoms with Crippen LogP contribution >= 0.6 is 11.3 Å². The van der Waals surface area contributed by atoms with Crippen LogP contribution in [0.5, 0.6) is 5.75 Å². The smallest absolute Gasteiger partial charge is 0.249 e. The highest BCUT2D eigenvalue weighted by atomic mass is 32.2. The number of ether oxygens (including phenoxy) is 1. The topological polar surface area (TPSA) is 77.7 Å². The van der Waals surface area contributed by atoms with Crippen LogP contribution in [-0.4, -0.2) is 31.8 Å². The van der Waals surface area contributed by atoms with Gasteiger partial charge in [-0.1, -0.05) is 11.3 Å². The van der Waals surface area contributed by atoms with Gasteiger partial charge in [0.25, 0.3) is 0 Å². The minimum Gasteiger partial charge on any atom is -0.497 e. The van der Waals surface area contributed by atoms with Gasteiger partial charge >= 0.3 is 0 Å². The Morgan fingerprint density at radius 1 is 1.14 bits per heavy atom. The fourth-order valence-electron chi connectivity index (χ4n) is 2.77. The maximum atomic E-state index is 12.4. The zero-order valence-corrected chi connectivity index (χ0v) is 17.9. The lowest BCUT2D eigenvalue weighted by Crippen LogP contribution is -2.16. The average molecular weight is 419 g/mol. The molecular formula is C20H22N2O4S2. The average Bonchev–Trinajstić information content (AvgIpc) is 2.95. The van der Waals surface area contributed by atoms with Crippen molar-refractivity contribution in [3.05, 3.63) is 52.3 Å². The highest BCUT2D eigenvalue weighted by Gasteiger charge is 2.17. The van der Waals surface area contributed by atoms with Crippen molar-refractivity contribution in [2.45, 2.75) is 25.2 Å². The fraction of sp³-hybridized carbons (Fsp3) is 0.300. The minimum absolute atomic E-state index is 0.166. The molecule has 1 amide bonds. The molecule has 0 N–H and O–H groups in total. The SMILES string of the molecule is COc1ccc(S(=O)(=O)CCC(=O)N=c2sc3cc(C)c(C)cc3n2C)cc1. The third kappa shape index (κ3) is 4.18. The van der Waals surface area contributed by atoms with Crippen molar-refractivity contribution in [3.8, 4) is 5.75 Å². The first kappa shape index (κ1) is 20.3. The summed E-state index contributed by atoms with van der Waals surface area (Å²) >= 11 is 1.42. The van der Waals surface area contributed by atoms with Crippen molar-refractivity contribution in [2.24, 2.45) is 12.0 Å². The summed E-state index contributed by atoms with van der Waals surface area (Å²) in [6, 6.07) is 10.3. The van der Waals surface area contributed by atoms with Gasteiger partial charge in [-0.25, -0.2) is 8.42 Å². The maximum Gasteiger partial charge on any atom is 0.249 e. The highest BCUT2D eigenvalue weighted by Crippen LogP contribution is 2.21. The highest BCUT2D eigenvalue weighted by molar-refractivity contribution is 7.91. The number of sulfone groups is 1.